The summed E-state index contributed by atoms with van der Waals surface area (Å²) >= 11 is 12.1. The topological polar surface area (TPSA) is 64.6 Å². The van der Waals surface area contributed by atoms with Gasteiger partial charge in [0.25, 0.3) is 5.91 Å². The monoisotopic (exact) mass is 367 g/mol. The zero-order valence-corrected chi connectivity index (χ0v) is 14.6. The third kappa shape index (κ3) is 4.40. The van der Waals surface area contributed by atoms with E-state index in [-0.39, 0.29) is 0 Å². The van der Waals surface area contributed by atoms with Gasteiger partial charge in [0.2, 0.25) is 0 Å². The number of benzene rings is 2. The lowest BCUT2D eigenvalue weighted by atomic mass is 10.2. The van der Waals surface area contributed by atoms with Crippen molar-refractivity contribution in [3.8, 4) is 5.75 Å². The number of carbonyl (C=O) groups is 2. The molecule has 7 heteroatoms. The van der Waals surface area contributed by atoms with Gasteiger partial charge in [0.05, 0.1) is 28.4 Å². The molecule has 0 spiro atoms. The Hall–Kier alpha value is -2.24. The number of esters is 1. The number of hydrogen-bond donors (Lipinski definition) is 1. The lowest BCUT2D eigenvalue weighted by Crippen LogP contribution is -2.21. The summed E-state index contributed by atoms with van der Waals surface area (Å²) in [5.41, 5.74) is 1.38. The highest BCUT2D eigenvalue weighted by atomic mass is 35.5. The van der Waals surface area contributed by atoms with Crippen molar-refractivity contribution in [2.75, 3.05) is 19.0 Å². The van der Waals surface area contributed by atoms with Gasteiger partial charge in [-0.15, -0.1) is 0 Å². The number of methoxy groups -OCH3 is 1. The van der Waals surface area contributed by atoms with E-state index in [1.807, 2.05) is 0 Å². The van der Waals surface area contributed by atoms with E-state index in [2.05, 4.69) is 5.32 Å². The van der Waals surface area contributed by atoms with Crippen LogP contribution in [-0.4, -0.2) is 25.6 Å². The van der Waals surface area contributed by atoms with Gasteiger partial charge in [-0.1, -0.05) is 29.3 Å². The molecule has 0 fully saturated rings. The van der Waals surface area contributed by atoms with Gasteiger partial charge >= 0.3 is 5.97 Å². The molecule has 2 aromatic carbocycles. The van der Waals surface area contributed by atoms with Crippen LogP contribution >= 0.6 is 23.2 Å². The Morgan fingerprint density at radius 2 is 1.75 bits per heavy atom. The summed E-state index contributed by atoms with van der Waals surface area (Å²) in [4.78, 5) is 23.8. The molecule has 0 bridgehead atoms. The van der Waals surface area contributed by atoms with Crippen molar-refractivity contribution < 1.29 is 19.1 Å². The molecule has 2 aromatic rings. The predicted octanol–water partition coefficient (Wildman–Crippen LogP) is 4.11. The van der Waals surface area contributed by atoms with Crippen LogP contribution in [0, 0.1) is 6.92 Å². The second-order valence-corrected chi connectivity index (χ2v) is 5.69. The van der Waals surface area contributed by atoms with Crippen LogP contribution in [0.15, 0.2) is 36.4 Å². The molecule has 0 aliphatic carbocycles. The van der Waals surface area contributed by atoms with Gasteiger partial charge in [-0.3, -0.25) is 4.79 Å². The molecule has 0 radical (unpaired) electrons. The molecule has 0 aliphatic rings. The standard InChI is InChI=1S/C17H15Cl2NO4/c1-10-3-8-13(18)16(15(10)19)20-14(21)9-24-17(22)11-4-6-12(23-2)7-5-11/h3-8H,9H2,1-2H3,(H,20,21). The number of rotatable bonds is 5. The number of nitrogens with one attached hydrogen (secondary N) is 1. The molecule has 24 heavy (non-hydrogen) atoms. The molecule has 0 aromatic heterocycles. The SMILES string of the molecule is COc1ccc(C(=O)OCC(=O)Nc2c(Cl)ccc(C)c2Cl)cc1. The Morgan fingerprint density at radius 3 is 2.38 bits per heavy atom. The third-order valence-corrected chi connectivity index (χ3v) is 4.01. The zero-order valence-electron chi connectivity index (χ0n) is 13.1. The minimum atomic E-state index is -0.616. The van der Waals surface area contributed by atoms with Gasteiger partial charge in [-0.25, -0.2) is 4.79 Å². The summed E-state index contributed by atoms with van der Waals surface area (Å²) in [7, 11) is 1.53. The van der Waals surface area contributed by atoms with Crippen LogP contribution in [0.1, 0.15) is 15.9 Å². The first-order valence-electron chi connectivity index (χ1n) is 6.98. The molecule has 0 unspecified atom stereocenters. The molecule has 5 nitrogen and oxygen atoms in total. The molecular formula is C17H15Cl2NO4. The summed E-state index contributed by atoms with van der Waals surface area (Å²) in [6, 6.07) is 9.72. The van der Waals surface area contributed by atoms with Crippen molar-refractivity contribution in [3.63, 3.8) is 0 Å². The summed E-state index contributed by atoms with van der Waals surface area (Å²) in [5.74, 6) is -0.534. The highest BCUT2D eigenvalue weighted by Crippen LogP contribution is 2.32. The van der Waals surface area contributed by atoms with Crippen LogP contribution < -0.4 is 10.1 Å². The highest BCUT2D eigenvalue weighted by Gasteiger charge is 2.14. The van der Waals surface area contributed by atoms with Crippen molar-refractivity contribution in [2.24, 2.45) is 0 Å². The van der Waals surface area contributed by atoms with Crippen LogP contribution in [0.2, 0.25) is 10.0 Å². The fourth-order valence-electron chi connectivity index (χ4n) is 1.89. The van der Waals surface area contributed by atoms with Gasteiger partial charge in [0.15, 0.2) is 6.61 Å². The molecule has 2 rings (SSSR count). The van der Waals surface area contributed by atoms with Gasteiger partial charge in [0.1, 0.15) is 5.75 Å². The normalized spacial score (nSPS) is 10.2. The van der Waals surface area contributed by atoms with Gasteiger partial charge < -0.3 is 14.8 Å². The number of ether oxygens (including phenoxy) is 2. The van der Waals surface area contributed by atoms with Crippen LogP contribution in [0.25, 0.3) is 0 Å². The average molecular weight is 368 g/mol. The van der Waals surface area contributed by atoms with E-state index in [1.54, 1.807) is 43.3 Å². The van der Waals surface area contributed by atoms with Gasteiger partial charge in [-0.2, -0.15) is 0 Å². The van der Waals surface area contributed by atoms with E-state index in [1.165, 1.54) is 7.11 Å². The van der Waals surface area contributed by atoms with Crippen molar-refractivity contribution in [3.05, 3.63) is 57.6 Å². The molecular weight excluding hydrogens is 353 g/mol. The van der Waals surface area contributed by atoms with Crippen molar-refractivity contribution in [1.82, 2.24) is 0 Å². The zero-order chi connectivity index (χ0) is 17.7. The maximum atomic E-state index is 11.9. The third-order valence-electron chi connectivity index (χ3n) is 3.21. The molecule has 126 valence electrons. The molecule has 0 aliphatic heterocycles. The summed E-state index contributed by atoms with van der Waals surface area (Å²) < 4.78 is 9.97. The van der Waals surface area contributed by atoms with Gasteiger partial charge in [0, 0.05) is 0 Å². The van der Waals surface area contributed by atoms with E-state index in [4.69, 9.17) is 32.7 Å². The summed E-state index contributed by atoms with van der Waals surface area (Å²) in [6.07, 6.45) is 0. The Kier molecular flexibility index (Phi) is 6.06. The second-order valence-electron chi connectivity index (χ2n) is 4.91. The van der Waals surface area contributed by atoms with Crippen LogP contribution in [0.5, 0.6) is 5.75 Å². The number of carbonyl (C=O) groups excluding carboxylic acids is 2. The molecule has 0 saturated carbocycles. The maximum Gasteiger partial charge on any atom is 0.338 e. The van der Waals surface area contributed by atoms with E-state index in [0.29, 0.717) is 27.0 Å². The lowest BCUT2D eigenvalue weighted by Gasteiger charge is -2.11. The number of halogens is 2. The highest BCUT2D eigenvalue weighted by molar-refractivity contribution is 6.40. The van der Waals surface area contributed by atoms with Crippen LogP contribution in [0.4, 0.5) is 5.69 Å². The smallest absolute Gasteiger partial charge is 0.338 e. The minimum absolute atomic E-state index is 0.295. The fraction of sp³-hybridized carbons (Fsp3) is 0.176. The maximum absolute atomic E-state index is 11.9. The molecule has 0 atom stereocenters. The first-order valence-corrected chi connectivity index (χ1v) is 7.73. The van der Waals surface area contributed by atoms with E-state index in [0.717, 1.165) is 5.56 Å². The van der Waals surface area contributed by atoms with Crippen LogP contribution in [0.3, 0.4) is 0 Å². The summed E-state index contributed by atoms with van der Waals surface area (Å²) in [5, 5.41) is 3.20. The van der Waals surface area contributed by atoms with Crippen molar-refractivity contribution in [1.29, 1.82) is 0 Å². The van der Waals surface area contributed by atoms with E-state index >= 15 is 0 Å². The molecule has 1 N–H and O–H groups in total. The summed E-state index contributed by atoms with van der Waals surface area (Å²) in [6.45, 7) is 1.34. The fourth-order valence-corrected chi connectivity index (χ4v) is 2.35. The first-order chi connectivity index (χ1) is 11.4. The Labute approximate surface area is 149 Å². The average Bonchev–Trinajstić information content (AvgIpc) is 2.60. The first kappa shape index (κ1) is 18.1. The quantitative estimate of drug-likeness (QED) is 0.807. The lowest BCUT2D eigenvalue weighted by molar-refractivity contribution is -0.119. The van der Waals surface area contributed by atoms with E-state index < -0.39 is 18.5 Å². The minimum Gasteiger partial charge on any atom is -0.497 e. The number of hydrogen-bond acceptors (Lipinski definition) is 4. The molecule has 0 saturated heterocycles. The predicted molar refractivity (Wildman–Crippen MR) is 93.1 cm³/mol. The molecule has 0 heterocycles. The largest absolute Gasteiger partial charge is 0.497 e. The van der Waals surface area contributed by atoms with Crippen LogP contribution in [-0.2, 0) is 9.53 Å². The van der Waals surface area contributed by atoms with E-state index in [9.17, 15) is 9.59 Å². The van der Waals surface area contributed by atoms with Crippen molar-refractivity contribution >= 4 is 40.8 Å². The Morgan fingerprint density at radius 1 is 1.08 bits per heavy atom. The Bertz CT molecular complexity index is 760. The Balaban J connectivity index is 1.95. The van der Waals surface area contributed by atoms with Gasteiger partial charge in [-0.05, 0) is 42.8 Å². The van der Waals surface area contributed by atoms with Crippen molar-refractivity contribution in [2.45, 2.75) is 6.92 Å². The number of aryl methyl sites for hydroxylation is 1. The number of amides is 1. The second kappa shape index (κ2) is 8.04. The molecule has 1 amide bonds. The number of anilines is 1.